The molecule has 0 atom stereocenters. The van der Waals surface area contributed by atoms with Crippen LogP contribution in [0.15, 0.2) is 0 Å². The number of halogens is 2. The maximum Gasteiger partial charge on any atom is 0.302 e. The molecule has 56 valence electrons. The second kappa shape index (κ2) is 10.3. The van der Waals surface area contributed by atoms with Crippen molar-refractivity contribution in [2.24, 2.45) is 0 Å². The molecule has 9 heavy (non-hydrogen) atoms. The van der Waals surface area contributed by atoms with Gasteiger partial charge in [-0.2, -0.15) is 0 Å². The highest BCUT2D eigenvalue weighted by Gasteiger charge is 1.81. The molecule has 0 aliphatic heterocycles. The monoisotopic (exact) mass is 140 g/mol. The van der Waals surface area contributed by atoms with Crippen molar-refractivity contribution in [2.75, 3.05) is 13.5 Å². The van der Waals surface area contributed by atoms with Crippen LogP contribution in [0.25, 0.3) is 0 Å². The lowest BCUT2D eigenvalue weighted by molar-refractivity contribution is -0.140. The number of alkyl halides is 2. The first-order valence-electron chi connectivity index (χ1n) is 2.44. The van der Waals surface area contributed by atoms with Crippen LogP contribution in [-0.2, 0) is 9.53 Å². The molecule has 0 aliphatic carbocycles. The number of ether oxygens (including phenoxy) is 1. The van der Waals surface area contributed by atoms with Crippen LogP contribution in [0.3, 0.4) is 0 Å². The Labute approximate surface area is 52.8 Å². The van der Waals surface area contributed by atoms with Crippen LogP contribution < -0.4 is 0 Å². The van der Waals surface area contributed by atoms with E-state index in [1.165, 1.54) is 6.92 Å². The van der Waals surface area contributed by atoms with Crippen molar-refractivity contribution in [1.82, 2.24) is 0 Å². The van der Waals surface area contributed by atoms with E-state index in [1.54, 1.807) is 6.92 Å². The fourth-order valence-corrected chi connectivity index (χ4v) is 0.203. The van der Waals surface area contributed by atoms with Gasteiger partial charge < -0.3 is 4.74 Å². The van der Waals surface area contributed by atoms with Crippen LogP contribution >= 0.6 is 0 Å². The summed E-state index contributed by atoms with van der Waals surface area (Å²) in [7, 11) is 0. The minimum absolute atomic E-state index is 0.211. The van der Waals surface area contributed by atoms with Gasteiger partial charge in [0.25, 0.3) is 0 Å². The summed E-state index contributed by atoms with van der Waals surface area (Å²) < 4.78 is 23.7. The van der Waals surface area contributed by atoms with E-state index in [0.717, 1.165) is 0 Å². The molecular weight excluding hydrogens is 130 g/mol. The quantitative estimate of drug-likeness (QED) is 0.515. The Morgan fingerprint density at radius 3 is 1.89 bits per heavy atom. The maximum absolute atomic E-state index is 9.82. The Balaban J connectivity index is 0. The second-order valence-electron chi connectivity index (χ2n) is 1.03. The summed E-state index contributed by atoms with van der Waals surface area (Å²) in [6.45, 7) is 1.90. The molecule has 0 spiro atoms. The maximum atomic E-state index is 9.82. The zero-order valence-electron chi connectivity index (χ0n) is 5.49. The molecule has 0 aromatic carbocycles. The zero-order chi connectivity index (χ0) is 7.70. The van der Waals surface area contributed by atoms with E-state index in [9.17, 15) is 13.6 Å². The van der Waals surface area contributed by atoms with Gasteiger partial charge in [-0.1, -0.05) is 0 Å². The first-order chi connectivity index (χ1) is 4.18. The van der Waals surface area contributed by atoms with Gasteiger partial charge in [0.1, 0.15) is 0 Å². The molecule has 0 heterocycles. The minimum Gasteiger partial charge on any atom is -0.466 e. The lowest BCUT2D eigenvalue weighted by Gasteiger charge is -1.89. The third-order valence-electron chi connectivity index (χ3n) is 0.348. The van der Waals surface area contributed by atoms with Crippen LogP contribution in [0.1, 0.15) is 13.8 Å². The number of rotatable bonds is 1. The van der Waals surface area contributed by atoms with Gasteiger partial charge in [-0.25, -0.2) is 8.78 Å². The van der Waals surface area contributed by atoms with E-state index in [1.807, 2.05) is 0 Å². The zero-order valence-corrected chi connectivity index (χ0v) is 5.49. The number of hydrogen-bond acceptors (Lipinski definition) is 2. The van der Waals surface area contributed by atoms with E-state index >= 15 is 0 Å². The van der Waals surface area contributed by atoms with Gasteiger partial charge in [0.15, 0.2) is 0 Å². The van der Waals surface area contributed by atoms with Crippen molar-refractivity contribution in [3.05, 3.63) is 0 Å². The molecular formula is C5H10F2O2. The summed E-state index contributed by atoms with van der Waals surface area (Å²) >= 11 is 0. The molecule has 0 saturated carbocycles. The molecule has 2 nitrogen and oxygen atoms in total. The van der Waals surface area contributed by atoms with E-state index in [0.29, 0.717) is 6.61 Å². The average molecular weight is 140 g/mol. The standard InChI is InChI=1S/C4H8O2.CH2F2/c1-3-6-4(2)5;2-1-3/h3H2,1-2H3;1H2. The van der Waals surface area contributed by atoms with E-state index in [4.69, 9.17) is 0 Å². The summed E-state index contributed by atoms with van der Waals surface area (Å²) in [5.74, 6) is -0.211. The summed E-state index contributed by atoms with van der Waals surface area (Å²) in [6, 6.07) is 0. The summed E-state index contributed by atoms with van der Waals surface area (Å²) in [4.78, 5) is 9.82. The van der Waals surface area contributed by atoms with Crippen molar-refractivity contribution < 1.29 is 18.3 Å². The van der Waals surface area contributed by atoms with Gasteiger partial charge in [0.2, 0.25) is 6.93 Å². The molecule has 0 amide bonds. The topological polar surface area (TPSA) is 26.3 Å². The Morgan fingerprint density at radius 2 is 1.89 bits per heavy atom. The molecule has 0 N–H and O–H groups in total. The highest BCUT2D eigenvalue weighted by Crippen LogP contribution is 1.69. The van der Waals surface area contributed by atoms with Crippen LogP contribution in [0.4, 0.5) is 8.78 Å². The molecule has 0 aromatic heterocycles. The number of esters is 1. The van der Waals surface area contributed by atoms with Crippen molar-refractivity contribution >= 4 is 5.97 Å². The lowest BCUT2D eigenvalue weighted by atomic mass is 10.8. The highest BCUT2D eigenvalue weighted by molar-refractivity contribution is 5.65. The molecule has 0 aromatic rings. The van der Waals surface area contributed by atoms with E-state index in [2.05, 4.69) is 4.74 Å². The van der Waals surface area contributed by atoms with Crippen LogP contribution in [-0.4, -0.2) is 19.5 Å². The summed E-state index contributed by atoms with van der Waals surface area (Å²) in [6.07, 6.45) is 0. The fraction of sp³-hybridized carbons (Fsp3) is 0.800. The van der Waals surface area contributed by atoms with Crippen LogP contribution in [0, 0.1) is 0 Å². The molecule has 0 unspecified atom stereocenters. The van der Waals surface area contributed by atoms with Gasteiger partial charge in [-0.15, -0.1) is 0 Å². The van der Waals surface area contributed by atoms with Gasteiger partial charge in [-0.3, -0.25) is 4.79 Å². The Kier molecular flexibility index (Phi) is 12.8. The van der Waals surface area contributed by atoms with Gasteiger partial charge in [0, 0.05) is 6.92 Å². The molecule has 0 radical (unpaired) electrons. The van der Waals surface area contributed by atoms with Gasteiger partial charge in [0.05, 0.1) is 6.61 Å². The summed E-state index contributed by atoms with van der Waals surface area (Å²) in [5.41, 5.74) is 0. The SMILES string of the molecule is CCOC(C)=O.FCF. The normalized spacial score (nSPS) is 7.11. The molecule has 0 saturated heterocycles. The van der Waals surface area contributed by atoms with Crippen LogP contribution in [0.2, 0.25) is 0 Å². The fourth-order valence-electron chi connectivity index (χ4n) is 0.203. The molecule has 0 bridgehead atoms. The predicted molar refractivity (Wildman–Crippen MR) is 29.4 cm³/mol. The Bertz CT molecular complexity index is 66.0. The van der Waals surface area contributed by atoms with Crippen molar-refractivity contribution in [1.29, 1.82) is 0 Å². The minimum atomic E-state index is -1.75. The average Bonchev–Trinajstić information content (AvgIpc) is 1.67. The highest BCUT2D eigenvalue weighted by atomic mass is 19.3. The first-order valence-corrected chi connectivity index (χ1v) is 2.44. The smallest absolute Gasteiger partial charge is 0.302 e. The Hall–Kier alpha value is -0.670. The number of carbonyl (C=O) groups is 1. The van der Waals surface area contributed by atoms with Crippen LogP contribution in [0.5, 0.6) is 0 Å². The number of carbonyl (C=O) groups excluding carboxylic acids is 1. The third-order valence-corrected chi connectivity index (χ3v) is 0.348. The van der Waals surface area contributed by atoms with Crippen molar-refractivity contribution in [3.8, 4) is 0 Å². The molecule has 4 heteroatoms. The van der Waals surface area contributed by atoms with Gasteiger partial charge >= 0.3 is 5.97 Å². The lowest BCUT2D eigenvalue weighted by Crippen LogP contribution is -1.95. The molecule has 0 fully saturated rings. The second-order valence-corrected chi connectivity index (χ2v) is 1.03. The Morgan fingerprint density at radius 1 is 1.56 bits per heavy atom. The van der Waals surface area contributed by atoms with Crippen molar-refractivity contribution in [2.45, 2.75) is 13.8 Å². The largest absolute Gasteiger partial charge is 0.466 e. The van der Waals surface area contributed by atoms with E-state index < -0.39 is 6.93 Å². The molecule has 0 aliphatic rings. The van der Waals surface area contributed by atoms with E-state index in [-0.39, 0.29) is 5.97 Å². The molecule has 0 rings (SSSR count). The summed E-state index contributed by atoms with van der Waals surface area (Å²) in [5, 5.41) is 0. The van der Waals surface area contributed by atoms with Gasteiger partial charge in [-0.05, 0) is 6.92 Å². The first kappa shape index (κ1) is 11.2. The van der Waals surface area contributed by atoms with Crippen molar-refractivity contribution in [3.63, 3.8) is 0 Å². The third kappa shape index (κ3) is 38.4. The number of hydrogen-bond donors (Lipinski definition) is 0. The predicted octanol–water partition coefficient (Wildman–Crippen LogP) is 1.45.